The van der Waals surface area contributed by atoms with Crippen LogP contribution in [-0.2, 0) is 6.54 Å². The third kappa shape index (κ3) is 6.77. The smallest absolute Gasteiger partial charge is 0.318 e. The number of carbonyl (C=O) groups excluding carboxylic acids is 2. The van der Waals surface area contributed by atoms with Crippen molar-refractivity contribution in [2.45, 2.75) is 59.7 Å². The van der Waals surface area contributed by atoms with E-state index in [1.54, 1.807) is 12.1 Å². The largest absolute Gasteiger partial charge is 0.459 e. The first-order valence-electron chi connectivity index (χ1n) is 10.6. The zero-order chi connectivity index (χ0) is 23.3. The molecule has 0 saturated carbocycles. The molecule has 1 aromatic carbocycles. The maximum absolute atomic E-state index is 13.1. The van der Waals surface area contributed by atoms with Gasteiger partial charge in [0.05, 0.1) is 6.26 Å². The van der Waals surface area contributed by atoms with E-state index < -0.39 is 0 Å². The number of benzene rings is 1. The number of anilines is 2. The topological polar surface area (TPSA) is 77.8 Å². The Morgan fingerprint density at radius 2 is 1.77 bits per heavy atom. The molecule has 0 aliphatic rings. The fraction of sp³-hybridized carbons (Fsp3) is 0.500. The summed E-state index contributed by atoms with van der Waals surface area (Å²) < 4.78 is 5.18. The van der Waals surface area contributed by atoms with Crippen LogP contribution in [0.1, 0.15) is 57.7 Å². The maximum atomic E-state index is 13.1. The van der Waals surface area contributed by atoms with Gasteiger partial charge in [-0.25, -0.2) is 4.79 Å². The Morgan fingerprint density at radius 3 is 2.29 bits per heavy atom. The normalized spacial score (nSPS) is 12.4. The number of furan rings is 1. The first-order chi connectivity index (χ1) is 14.4. The van der Waals surface area contributed by atoms with Crippen LogP contribution in [0.4, 0.5) is 16.2 Å². The molecule has 1 heterocycles. The number of amides is 3. The van der Waals surface area contributed by atoms with Crippen LogP contribution in [0, 0.1) is 5.92 Å². The summed E-state index contributed by atoms with van der Waals surface area (Å²) in [5, 5.41) is 5.95. The van der Waals surface area contributed by atoms with Gasteiger partial charge in [-0.2, -0.15) is 0 Å². The Kier molecular flexibility index (Phi) is 7.76. The zero-order valence-corrected chi connectivity index (χ0v) is 19.9. The van der Waals surface area contributed by atoms with Crippen molar-refractivity contribution in [1.82, 2.24) is 10.2 Å². The monoisotopic (exact) mass is 428 g/mol. The van der Waals surface area contributed by atoms with Gasteiger partial charge in [0.25, 0.3) is 5.91 Å². The van der Waals surface area contributed by atoms with Crippen molar-refractivity contribution in [3.8, 4) is 0 Å². The van der Waals surface area contributed by atoms with E-state index >= 15 is 0 Å². The van der Waals surface area contributed by atoms with Crippen LogP contribution in [0.15, 0.2) is 41.0 Å². The lowest BCUT2D eigenvalue weighted by molar-refractivity contribution is 0.0996. The summed E-state index contributed by atoms with van der Waals surface area (Å²) >= 11 is 0. The maximum Gasteiger partial charge on any atom is 0.318 e. The molecule has 1 aromatic heterocycles. The molecule has 0 fully saturated rings. The first kappa shape index (κ1) is 24.3. The number of rotatable bonds is 7. The summed E-state index contributed by atoms with van der Waals surface area (Å²) in [5.74, 6) is 0.222. The van der Waals surface area contributed by atoms with Gasteiger partial charge in [-0.15, -0.1) is 0 Å². The Balaban J connectivity index is 2.36. The van der Waals surface area contributed by atoms with Crippen LogP contribution < -0.4 is 15.5 Å². The summed E-state index contributed by atoms with van der Waals surface area (Å²) in [4.78, 5) is 29.4. The van der Waals surface area contributed by atoms with E-state index in [4.69, 9.17) is 4.42 Å². The molecule has 0 spiro atoms. The van der Waals surface area contributed by atoms with Gasteiger partial charge in [0.15, 0.2) is 5.76 Å². The fourth-order valence-corrected chi connectivity index (χ4v) is 3.16. The SMILES string of the molecule is CC(C)[C@H](C)N(Cc1cc(NC(=O)c2ccco2)ccc1N(C)C)C(=O)NC(C)(C)C. The molecule has 2 rings (SSSR count). The lowest BCUT2D eigenvalue weighted by atomic mass is 10.0. The second-order valence-corrected chi connectivity index (χ2v) is 9.46. The second kappa shape index (κ2) is 9.90. The molecule has 0 radical (unpaired) electrons. The van der Waals surface area contributed by atoms with Gasteiger partial charge in [0.1, 0.15) is 0 Å². The predicted octanol–water partition coefficient (Wildman–Crippen LogP) is 4.95. The number of carbonyl (C=O) groups is 2. The quantitative estimate of drug-likeness (QED) is 0.654. The van der Waals surface area contributed by atoms with Crippen LogP contribution >= 0.6 is 0 Å². The van der Waals surface area contributed by atoms with Crippen LogP contribution in [-0.4, -0.2) is 42.5 Å². The molecule has 7 nitrogen and oxygen atoms in total. The van der Waals surface area contributed by atoms with Gasteiger partial charge >= 0.3 is 6.03 Å². The lowest BCUT2D eigenvalue weighted by Crippen LogP contribution is -2.52. The highest BCUT2D eigenvalue weighted by atomic mass is 16.3. The molecule has 170 valence electrons. The standard InChI is InChI=1S/C24H36N4O3/c1-16(2)17(3)28(23(30)26-24(4,5)6)15-18-14-19(11-12-20(18)27(7)8)25-22(29)21-10-9-13-31-21/h9-14,16-17H,15H2,1-8H3,(H,25,29)(H,26,30)/t17-/m0/s1. The van der Waals surface area contributed by atoms with E-state index in [9.17, 15) is 9.59 Å². The molecular weight excluding hydrogens is 392 g/mol. The zero-order valence-electron chi connectivity index (χ0n) is 19.9. The predicted molar refractivity (Wildman–Crippen MR) is 126 cm³/mol. The summed E-state index contributed by atoms with van der Waals surface area (Å²) in [7, 11) is 3.93. The average molecular weight is 429 g/mol. The first-order valence-corrected chi connectivity index (χ1v) is 10.6. The summed E-state index contributed by atoms with van der Waals surface area (Å²) in [6.07, 6.45) is 1.47. The van der Waals surface area contributed by atoms with Crippen molar-refractivity contribution >= 4 is 23.3 Å². The molecular formula is C24H36N4O3. The summed E-state index contributed by atoms with van der Waals surface area (Å²) in [5.41, 5.74) is 2.24. The van der Waals surface area contributed by atoms with Gasteiger partial charge in [-0.3, -0.25) is 4.79 Å². The molecule has 2 N–H and O–H groups in total. The van der Waals surface area contributed by atoms with Gasteiger partial charge in [0, 0.05) is 43.6 Å². The number of urea groups is 1. The molecule has 0 aliphatic carbocycles. The summed E-state index contributed by atoms with van der Waals surface area (Å²) in [6.45, 7) is 12.6. The van der Waals surface area contributed by atoms with Crippen LogP contribution in [0.2, 0.25) is 0 Å². The van der Waals surface area contributed by atoms with Crippen molar-refractivity contribution in [2.24, 2.45) is 5.92 Å². The molecule has 31 heavy (non-hydrogen) atoms. The number of nitrogens with zero attached hydrogens (tertiary/aromatic N) is 2. The van der Waals surface area contributed by atoms with Gasteiger partial charge in [0.2, 0.25) is 0 Å². The molecule has 0 saturated heterocycles. The van der Waals surface area contributed by atoms with E-state index in [1.807, 2.05) is 62.9 Å². The van der Waals surface area contributed by atoms with Gasteiger partial charge < -0.3 is 24.9 Å². The Bertz CT molecular complexity index is 883. The molecule has 0 unspecified atom stereocenters. The second-order valence-electron chi connectivity index (χ2n) is 9.46. The Labute approximate surface area is 185 Å². The van der Waals surface area contributed by atoms with E-state index in [-0.39, 0.29) is 35.2 Å². The Morgan fingerprint density at radius 1 is 1.10 bits per heavy atom. The van der Waals surface area contributed by atoms with Crippen molar-refractivity contribution in [2.75, 3.05) is 24.3 Å². The van der Waals surface area contributed by atoms with Crippen LogP contribution in [0.3, 0.4) is 0 Å². The number of hydrogen-bond acceptors (Lipinski definition) is 4. The van der Waals surface area contributed by atoms with Crippen LogP contribution in [0.5, 0.6) is 0 Å². The number of hydrogen-bond donors (Lipinski definition) is 2. The van der Waals surface area contributed by atoms with E-state index in [1.165, 1.54) is 6.26 Å². The van der Waals surface area contributed by atoms with E-state index in [2.05, 4.69) is 31.4 Å². The van der Waals surface area contributed by atoms with E-state index in [0.717, 1.165) is 11.3 Å². The minimum Gasteiger partial charge on any atom is -0.459 e. The minimum atomic E-state index is -0.338. The fourth-order valence-electron chi connectivity index (χ4n) is 3.16. The van der Waals surface area contributed by atoms with Crippen molar-refractivity contribution in [3.63, 3.8) is 0 Å². The molecule has 0 bridgehead atoms. The molecule has 2 aromatic rings. The molecule has 1 atom stereocenters. The van der Waals surface area contributed by atoms with Crippen molar-refractivity contribution in [3.05, 3.63) is 47.9 Å². The summed E-state index contributed by atoms with van der Waals surface area (Å²) in [6, 6.07) is 8.93. The van der Waals surface area contributed by atoms with Gasteiger partial charge in [-0.05, 0) is 69.5 Å². The molecule has 0 aliphatic heterocycles. The Hall–Kier alpha value is -2.96. The third-order valence-corrected chi connectivity index (χ3v) is 5.10. The molecule has 7 heteroatoms. The lowest BCUT2D eigenvalue weighted by Gasteiger charge is -2.35. The average Bonchev–Trinajstić information content (AvgIpc) is 3.18. The van der Waals surface area contributed by atoms with E-state index in [0.29, 0.717) is 12.2 Å². The minimum absolute atomic E-state index is 0.0266. The highest BCUT2D eigenvalue weighted by Crippen LogP contribution is 2.27. The molecule has 3 amide bonds. The van der Waals surface area contributed by atoms with Crippen LogP contribution in [0.25, 0.3) is 0 Å². The van der Waals surface area contributed by atoms with Crippen molar-refractivity contribution in [1.29, 1.82) is 0 Å². The van der Waals surface area contributed by atoms with Crippen molar-refractivity contribution < 1.29 is 14.0 Å². The number of nitrogens with one attached hydrogen (secondary N) is 2. The third-order valence-electron chi connectivity index (χ3n) is 5.10. The van der Waals surface area contributed by atoms with Gasteiger partial charge in [-0.1, -0.05) is 13.8 Å². The highest BCUT2D eigenvalue weighted by molar-refractivity contribution is 6.02. The highest BCUT2D eigenvalue weighted by Gasteiger charge is 2.27.